The Balaban J connectivity index is 2.48. The van der Waals surface area contributed by atoms with Crippen LogP contribution in [0.1, 0.15) is 11.8 Å². The number of nitrogen functional groups attached to an aromatic ring is 1. The normalized spacial score (nSPS) is 29.8. The first-order valence-electron chi connectivity index (χ1n) is 5.78. The van der Waals surface area contributed by atoms with Crippen molar-refractivity contribution in [1.82, 2.24) is 9.55 Å². The summed E-state index contributed by atoms with van der Waals surface area (Å²) >= 11 is 0. The molecule has 0 radical (unpaired) electrons. The molecule has 0 saturated carbocycles. The average Bonchev–Trinajstić information content (AvgIpc) is 2.65. The summed E-state index contributed by atoms with van der Waals surface area (Å²) in [5, 5.41) is 36.9. The summed E-state index contributed by atoms with van der Waals surface area (Å²) in [6, 6.07) is 0. The van der Waals surface area contributed by atoms with Gasteiger partial charge in [0.15, 0.2) is 6.23 Å². The number of aromatic nitrogens is 2. The van der Waals surface area contributed by atoms with Gasteiger partial charge in [-0.25, -0.2) is 4.79 Å². The van der Waals surface area contributed by atoms with Crippen LogP contribution in [0.25, 0.3) is 0 Å². The van der Waals surface area contributed by atoms with Crippen LogP contribution in [0, 0.1) is 0 Å². The minimum atomic E-state index is -4.36. The number of hydrogen-bond donors (Lipinski definition) is 5. The third-order valence-corrected chi connectivity index (χ3v) is 3.10. The quantitative estimate of drug-likeness (QED) is 0.410. The molecule has 11 heteroatoms. The van der Waals surface area contributed by atoms with Crippen molar-refractivity contribution in [2.45, 2.75) is 30.6 Å². The molecule has 0 aliphatic carbocycles. The van der Waals surface area contributed by atoms with Crippen molar-refractivity contribution < 1.29 is 33.9 Å². The summed E-state index contributed by atoms with van der Waals surface area (Å²) < 4.78 is 31.4. The van der Waals surface area contributed by atoms with Crippen molar-refractivity contribution in [3.63, 3.8) is 0 Å². The Morgan fingerprint density at radius 1 is 1.43 bits per heavy atom. The number of nitrogens with zero attached hydrogens (tertiary/aromatic N) is 2. The molecule has 2 heterocycles. The summed E-state index contributed by atoms with van der Waals surface area (Å²) in [6.07, 6.45) is -9.82. The molecule has 1 aromatic heterocycles. The van der Waals surface area contributed by atoms with Crippen molar-refractivity contribution >= 4 is 5.82 Å². The van der Waals surface area contributed by atoms with Gasteiger partial charge in [0, 0.05) is 6.20 Å². The van der Waals surface area contributed by atoms with Gasteiger partial charge in [-0.2, -0.15) is 13.8 Å². The SMILES string of the molecule is Nc1nc(=O)n(C2O[C@H](CO)[C@@H](O)[C@H]2O)cc1C(O)(F)F. The fourth-order valence-electron chi connectivity index (χ4n) is 2.01. The van der Waals surface area contributed by atoms with E-state index in [0.29, 0.717) is 10.8 Å². The summed E-state index contributed by atoms with van der Waals surface area (Å²) in [4.78, 5) is 14.8. The molecule has 6 N–H and O–H groups in total. The zero-order valence-electron chi connectivity index (χ0n) is 10.4. The zero-order chi connectivity index (χ0) is 15.9. The second kappa shape index (κ2) is 5.27. The molecule has 1 saturated heterocycles. The number of alkyl halides is 2. The van der Waals surface area contributed by atoms with Gasteiger partial charge in [-0.15, -0.1) is 0 Å². The van der Waals surface area contributed by atoms with Crippen LogP contribution < -0.4 is 11.4 Å². The highest BCUT2D eigenvalue weighted by molar-refractivity contribution is 5.38. The van der Waals surface area contributed by atoms with Crippen molar-refractivity contribution in [2.75, 3.05) is 12.3 Å². The maximum Gasteiger partial charge on any atom is 0.385 e. The van der Waals surface area contributed by atoms with E-state index in [2.05, 4.69) is 4.98 Å². The van der Waals surface area contributed by atoms with Crippen LogP contribution in [0.4, 0.5) is 14.6 Å². The smallest absolute Gasteiger partial charge is 0.385 e. The van der Waals surface area contributed by atoms with E-state index in [4.69, 9.17) is 20.7 Å². The van der Waals surface area contributed by atoms with Crippen LogP contribution >= 0.6 is 0 Å². The highest BCUT2D eigenvalue weighted by Gasteiger charge is 2.44. The number of hydrogen-bond acceptors (Lipinski definition) is 8. The molecule has 1 aromatic rings. The summed E-state index contributed by atoms with van der Waals surface area (Å²) in [6.45, 7) is -0.658. The first-order chi connectivity index (χ1) is 9.66. The molecule has 1 unspecified atom stereocenters. The maximum absolute atomic E-state index is 13.0. The molecular weight excluding hydrogens is 296 g/mol. The topological polar surface area (TPSA) is 151 Å². The first kappa shape index (κ1) is 15.7. The van der Waals surface area contributed by atoms with E-state index in [9.17, 15) is 23.8 Å². The predicted octanol–water partition coefficient (Wildman–Crippen LogP) is -2.52. The van der Waals surface area contributed by atoms with Gasteiger partial charge < -0.3 is 30.9 Å². The molecule has 0 aromatic carbocycles. The van der Waals surface area contributed by atoms with Gasteiger partial charge in [0.2, 0.25) is 0 Å². The number of halogens is 2. The minimum absolute atomic E-state index is 0.458. The van der Waals surface area contributed by atoms with Crippen LogP contribution in [0.2, 0.25) is 0 Å². The van der Waals surface area contributed by atoms with Crippen LogP contribution in [0.3, 0.4) is 0 Å². The Hall–Kier alpha value is -1.66. The Morgan fingerprint density at radius 2 is 2.05 bits per heavy atom. The largest absolute Gasteiger partial charge is 0.394 e. The van der Waals surface area contributed by atoms with Gasteiger partial charge in [0.25, 0.3) is 0 Å². The molecule has 21 heavy (non-hydrogen) atoms. The van der Waals surface area contributed by atoms with E-state index in [-0.39, 0.29) is 0 Å². The Labute approximate surface area is 115 Å². The number of nitrogens with two attached hydrogens (primary N) is 1. The second-order valence-corrected chi connectivity index (χ2v) is 4.50. The van der Waals surface area contributed by atoms with E-state index >= 15 is 0 Å². The third-order valence-electron chi connectivity index (χ3n) is 3.10. The lowest BCUT2D eigenvalue weighted by molar-refractivity contribution is -0.209. The molecule has 9 nitrogen and oxygen atoms in total. The highest BCUT2D eigenvalue weighted by atomic mass is 19.3. The predicted molar refractivity (Wildman–Crippen MR) is 62.0 cm³/mol. The highest BCUT2D eigenvalue weighted by Crippen LogP contribution is 2.31. The van der Waals surface area contributed by atoms with E-state index < -0.39 is 54.3 Å². The standard InChI is InChI=1S/C10H13F2N3O6/c11-10(12,20)3-1-15(9(19)14-7(3)13)8-6(18)5(17)4(2-16)21-8/h1,4-6,8,16-18,20H,2H2,(H2,13,14,19)/t4-,5-,6-,8?/m1/s1. The Morgan fingerprint density at radius 3 is 2.52 bits per heavy atom. The molecule has 0 amide bonds. The average molecular weight is 309 g/mol. The van der Waals surface area contributed by atoms with Crippen LogP contribution in [0.5, 0.6) is 0 Å². The monoisotopic (exact) mass is 309 g/mol. The fourth-order valence-corrected chi connectivity index (χ4v) is 2.01. The minimum Gasteiger partial charge on any atom is -0.394 e. The number of aliphatic hydroxyl groups is 4. The lowest BCUT2D eigenvalue weighted by atomic mass is 10.1. The van der Waals surface area contributed by atoms with Crippen molar-refractivity contribution in [3.05, 3.63) is 22.2 Å². The van der Waals surface area contributed by atoms with Gasteiger partial charge in [0.1, 0.15) is 29.7 Å². The number of rotatable bonds is 3. The Kier molecular flexibility index (Phi) is 3.95. The second-order valence-electron chi connectivity index (χ2n) is 4.50. The third kappa shape index (κ3) is 2.73. The lowest BCUT2D eigenvalue weighted by Crippen LogP contribution is -2.37. The van der Waals surface area contributed by atoms with E-state index in [1.165, 1.54) is 0 Å². The maximum atomic E-state index is 13.0. The van der Waals surface area contributed by atoms with Gasteiger partial charge in [-0.3, -0.25) is 4.57 Å². The molecule has 118 valence electrons. The van der Waals surface area contributed by atoms with Gasteiger partial charge in [0.05, 0.1) is 6.61 Å². The van der Waals surface area contributed by atoms with Crippen LogP contribution in [0.15, 0.2) is 11.0 Å². The summed E-state index contributed by atoms with van der Waals surface area (Å²) in [7, 11) is 0. The van der Waals surface area contributed by atoms with Gasteiger partial charge in [-0.05, 0) is 0 Å². The first-order valence-corrected chi connectivity index (χ1v) is 5.78. The van der Waals surface area contributed by atoms with Gasteiger partial charge >= 0.3 is 11.8 Å². The number of ether oxygens (including phenoxy) is 1. The summed E-state index contributed by atoms with van der Waals surface area (Å²) in [5.74, 6) is -0.879. The Bertz CT molecular complexity index is 589. The summed E-state index contributed by atoms with van der Waals surface area (Å²) in [5.41, 5.74) is 2.85. The van der Waals surface area contributed by atoms with E-state index in [1.807, 2.05) is 0 Å². The molecule has 1 aliphatic rings. The fraction of sp³-hybridized carbons (Fsp3) is 0.600. The molecule has 4 atom stereocenters. The van der Waals surface area contributed by atoms with Gasteiger partial charge in [-0.1, -0.05) is 0 Å². The molecule has 0 spiro atoms. The number of anilines is 1. The molecule has 0 bridgehead atoms. The molecule has 1 aliphatic heterocycles. The van der Waals surface area contributed by atoms with E-state index in [0.717, 1.165) is 0 Å². The van der Waals surface area contributed by atoms with Crippen molar-refractivity contribution in [3.8, 4) is 0 Å². The number of aliphatic hydroxyl groups excluding tert-OH is 3. The molecular formula is C10H13F2N3O6. The lowest BCUT2D eigenvalue weighted by Gasteiger charge is -2.19. The zero-order valence-corrected chi connectivity index (χ0v) is 10.4. The van der Waals surface area contributed by atoms with Crippen molar-refractivity contribution in [2.24, 2.45) is 0 Å². The van der Waals surface area contributed by atoms with Crippen LogP contribution in [-0.4, -0.2) is 54.9 Å². The van der Waals surface area contributed by atoms with E-state index in [1.54, 1.807) is 0 Å². The van der Waals surface area contributed by atoms with Crippen molar-refractivity contribution in [1.29, 1.82) is 0 Å². The molecule has 1 fully saturated rings. The van der Waals surface area contributed by atoms with Crippen LogP contribution in [-0.2, 0) is 10.8 Å². The molecule has 2 rings (SSSR count).